The minimum absolute atomic E-state index is 0.225. The van der Waals surface area contributed by atoms with Gasteiger partial charge in [0.05, 0.1) is 20.8 Å². The fourth-order valence-corrected chi connectivity index (χ4v) is 2.52. The van der Waals surface area contributed by atoms with Crippen molar-refractivity contribution >= 4 is 17.9 Å². The second-order valence-corrected chi connectivity index (χ2v) is 5.41. The highest BCUT2D eigenvalue weighted by atomic mass is 16.6. The van der Waals surface area contributed by atoms with Crippen molar-refractivity contribution in [3.8, 4) is 17.2 Å². The Bertz CT molecular complexity index is 886. The summed E-state index contributed by atoms with van der Waals surface area (Å²) in [5.41, 5.74) is 1.66. The van der Waals surface area contributed by atoms with E-state index < -0.39 is 5.97 Å². The van der Waals surface area contributed by atoms with Crippen molar-refractivity contribution in [2.75, 3.05) is 20.8 Å². The molecule has 0 unspecified atom stereocenters. The molecule has 134 valence electrons. The van der Waals surface area contributed by atoms with Crippen molar-refractivity contribution in [3.05, 3.63) is 59.3 Å². The molecule has 6 nitrogen and oxygen atoms in total. The molecule has 1 aliphatic rings. The van der Waals surface area contributed by atoms with E-state index in [1.807, 2.05) is 31.2 Å². The van der Waals surface area contributed by atoms with Crippen LogP contribution in [-0.2, 0) is 9.53 Å². The van der Waals surface area contributed by atoms with E-state index in [4.69, 9.17) is 18.9 Å². The highest BCUT2D eigenvalue weighted by Gasteiger charge is 2.25. The van der Waals surface area contributed by atoms with Gasteiger partial charge in [-0.3, -0.25) is 0 Å². The topological polar surface area (TPSA) is 66.3 Å². The summed E-state index contributed by atoms with van der Waals surface area (Å²) in [5.74, 6) is 1.58. The number of hydrogen-bond donors (Lipinski definition) is 0. The fraction of sp³-hybridized carbons (Fsp3) is 0.200. The summed E-state index contributed by atoms with van der Waals surface area (Å²) in [5, 5.41) is 0. The molecule has 0 amide bonds. The maximum Gasteiger partial charge on any atom is 0.363 e. The van der Waals surface area contributed by atoms with E-state index in [-0.39, 0.29) is 11.6 Å². The molecule has 2 aromatic rings. The van der Waals surface area contributed by atoms with Gasteiger partial charge in [-0.2, -0.15) is 0 Å². The molecular formula is C20H19NO5. The number of nitrogens with zero attached hydrogens (tertiary/aromatic N) is 1. The summed E-state index contributed by atoms with van der Waals surface area (Å²) in [6.07, 6.45) is 1.67. The Balaban J connectivity index is 1.90. The van der Waals surface area contributed by atoms with Crippen molar-refractivity contribution in [1.29, 1.82) is 0 Å². The van der Waals surface area contributed by atoms with E-state index in [9.17, 15) is 4.79 Å². The molecule has 0 bridgehead atoms. The quantitative estimate of drug-likeness (QED) is 0.588. The van der Waals surface area contributed by atoms with Crippen LogP contribution in [0.3, 0.4) is 0 Å². The van der Waals surface area contributed by atoms with Gasteiger partial charge in [-0.25, -0.2) is 9.79 Å². The highest BCUT2D eigenvalue weighted by Crippen LogP contribution is 2.29. The van der Waals surface area contributed by atoms with Crippen molar-refractivity contribution in [2.45, 2.75) is 6.92 Å². The largest absolute Gasteiger partial charge is 0.494 e. The zero-order chi connectivity index (χ0) is 18.5. The monoisotopic (exact) mass is 353 g/mol. The van der Waals surface area contributed by atoms with Crippen LogP contribution in [0.1, 0.15) is 18.1 Å². The van der Waals surface area contributed by atoms with E-state index in [0.29, 0.717) is 23.7 Å². The lowest BCUT2D eigenvalue weighted by molar-refractivity contribution is -0.129. The maximum absolute atomic E-state index is 12.2. The zero-order valence-corrected chi connectivity index (χ0v) is 14.8. The Morgan fingerprint density at radius 1 is 1.08 bits per heavy atom. The van der Waals surface area contributed by atoms with Gasteiger partial charge >= 0.3 is 5.97 Å². The summed E-state index contributed by atoms with van der Waals surface area (Å²) >= 11 is 0. The molecule has 0 spiro atoms. The fourth-order valence-electron chi connectivity index (χ4n) is 2.52. The molecule has 3 rings (SSSR count). The molecule has 0 radical (unpaired) electrons. The van der Waals surface area contributed by atoms with Gasteiger partial charge in [-0.1, -0.05) is 12.1 Å². The number of rotatable bonds is 6. The van der Waals surface area contributed by atoms with Gasteiger partial charge in [-0.05, 0) is 48.9 Å². The number of cyclic esters (lactones) is 1. The van der Waals surface area contributed by atoms with E-state index in [0.717, 1.165) is 11.3 Å². The lowest BCUT2D eigenvalue weighted by Gasteiger charge is -2.08. The number of methoxy groups -OCH3 is 2. The average molecular weight is 353 g/mol. The summed E-state index contributed by atoms with van der Waals surface area (Å²) in [6, 6.07) is 12.6. The number of esters is 1. The van der Waals surface area contributed by atoms with Crippen molar-refractivity contribution < 1.29 is 23.7 Å². The van der Waals surface area contributed by atoms with Gasteiger partial charge in [0.25, 0.3) is 0 Å². The van der Waals surface area contributed by atoms with Crippen LogP contribution in [0.5, 0.6) is 17.2 Å². The van der Waals surface area contributed by atoms with Crippen molar-refractivity contribution in [1.82, 2.24) is 0 Å². The van der Waals surface area contributed by atoms with E-state index in [2.05, 4.69) is 4.99 Å². The van der Waals surface area contributed by atoms with E-state index in [1.165, 1.54) is 0 Å². The van der Waals surface area contributed by atoms with Gasteiger partial charge < -0.3 is 18.9 Å². The van der Waals surface area contributed by atoms with Crippen molar-refractivity contribution in [3.63, 3.8) is 0 Å². The molecule has 0 aromatic heterocycles. The van der Waals surface area contributed by atoms with Gasteiger partial charge in [0.1, 0.15) is 5.75 Å². The lowest BCUT2D eigenvalue weighted by atomic mass is 10.2. The second-order valence-electron chi connectivity index (χ2n) is 5.41. The first-order valence-corrected chi connectivity index (χ1v) is 8.12. The first kappa shape index (κ1) is 17.5. The maximum atomic E-state index is 12.2. The third kappa shape index (κ3) is 3.69. The number of carbonyl (C=O) groups excluding carboxylic acids is 1. The molecule has 0 aliphatic carbocycles. The number of carbonyl (C=O) groups is 1. The van der Waals surface area contributed by atoms with Crippen LogP contribution >= 0.6 is 0 Å². The summed E-state index contributed by atoms with van der Waals surface area (Å²) in [4.78, 5) is 16.5. The predicted octanol–water partition coefficient (Wildman–Crippen LogP) is 3.45. The first-order valence-electron chi connectivity index (χ1n) is 8.12. The average Bonchev–Trinajstić information content (AvgIpc) is 3.02. The Labute approximate surface area is 151 Å². The van der Waals surface area contributed by atoms with Gasteiger partial charge in [0, 0.05) is 5.56 Å². The van der Waals surface area contributed by atoms with Crippen LogP contribution in [0.2, 0.25) is 0 Å². The molecule has 26 heavy (non-hydrogen) atoms. The van der Waals surface area contributed by atoms with Crippen LogP contribution in [0.25, 0.3) is 6.08 Å². The Kier molecular flexibility index (Phi) is 5.22. The third-order valence-electron chi connectivity index (χ3n) is 3.72. The van der Waals surface area contributed by atoms with Crippen molar-refractivity contribution in [2.24, 2.45) is 4.99 Å². The minimum Gasteiger partial charge on any atom is -0.494 e. The number of ether oxygens (including phenoxy) is 4. The number of aliphatic imine (C=N–C) groups is 1. The normalized spacial score (nSPS) is 14.8. The standard InChI is InChI=1S/C20H19NO5/c1-4-25-15-7-5-6-13(10-15)11-16-20(22)26-19(21-16)14-8-9-17(23-2)18(12-14)24-3/h5-12H,4H2,1-3H3/b16-11-. The molecule has 1 aliphatic heterocycles. The smallest absolute Gasteiger partial charge is 0.363 e. The highest BCUT2D eigenvalue weighted by molar-refractivity contribution is 6.13. The first-order chi connectivity index (χ1) is 12.6. The van der Waals surface area contributed by atoms with Crippen LogP contribution in [-0.4, -0.2) is 32.7 Å². The number of hydrogen-bond acceptors (Lipinski definition) is 6. The lowest BCUT2D eigenvalue weighted by Crippen LogP contribution is -2.06. The van der Waals surface area contributed by atoms with Crippen LogP contribution < -0.4 is 14.2 Å². The summed E-state index contributed by atoms with van der Waals surface area (Å²) < 4.78 is 21.2. The van der Waals surface area contributed by atoms with Gasteiger partial charge in [-0.15, -0.1) is 0 Å². The second kappa shape index (κ2) is 7.74. The summed E-state index contributed by atoms with van der Waals surface area (Å²) in [6.45, 7) is 2.49. The molecule has 2 aromatic carbocycles. The molecule has 1 heterocycles. The molecule has 0 N–H and O–H groups in total. The minimum atomic E-state index is -0.503. The van der Waals surface area contributed by atoms with E-state index >= 15 is 0 Å². The molecule has 0 saturated heterocycles. The molecule has 6 heteroatoms. The SMILES string of the molecule is CCOc1cccc(/C=C2\N=C(c3ccc(OC)c(OC)c3)OC2=O)c1. The third-order valence-corrected chi connectivity index (χ3v) is 3.72. The van der Waals surface area contributed by atoms with Crippen LogP contribution in [0.4, 0.5) is 0 Å². The Morgan fingerprint density at radius 2 is 1.88 bits per heavy atom. The Morgan fingerprint density at radius 3 is 2.62 bits per heavy atom. The Hall–Kier alpha value is -3.28. The molecule has 0 atom stereocenters. The molecule has 0 saturated carbocycles. The summed E-state index contributed by atoms with van der Waals surface area (Å²) in [7, 11) is 3.10. The zero-order valence-electron chi connectivity index (χ0n) is 14.8. The van der Waals surface area contributed by atoms with Crippen LogP contribution in [0, 0.1) is 0 Å². The molecular weight excluding hydrogens is 334 g/mol. The predicted molar refractivity (Wildman–Crippen MR) is 97.8 cm³/mol. The van der Waals surface area contributed by atoms with Gasteiger partial charge in [0.2, 0.25) is 5.90 Å². The number of benzene rings is 2. The van der Waals surface area contributed by atoms with E-state index in [1.54, 1.807) is 38.5 Å². The van der Waals surface area contributed by atoms with Crippen LogP contribution in [0.15, 0.2) is 53.2 Å². The van der Waals surface area contributed by atoms with Gasteiger partial charge in [0.15, 0.2) is 17.2 Å². The molecule has 0 fully saturated rings.